The standard InChI is InChI=1S/C18H8BrF5N4OS/c19-9-4-8(20)5-10(21)16(9)26-17(29)12-7-15-25-11(13-2-1-3-30-13)6-14(18(22,23)24)28(15)27-12/h1-7H,(H,26,29). The Morgan fingerprint density at radius 1 is 1.17 bits per heavy atom. The number of carbonyl (C=O) groups excluding carboxylic acids is 1. The lowest BCUT2D eigenvalue weighted by atomic mass is 10.2. The average molecular weight is 503 g/mol. The Labute approximate surface area is 177 Å². The molecule has 0 atom stereocenters. The van der Waals surface area contributed by atoms with Crippen molar-refractivity contribution in [2.75, 3.05) is 5.32 Å². The quantitative estimate of drug-likeness (QED) is 0.362. The third-order valence-corrected chi connectivity index (χ3v) is 5.49. The summed E-state index contributed by atoms with van der Waals surface area (Å²) in [5.74, 6) is -2.92. The molecule has 12 heteroatoms. The van der Waals surface area contributed by atoms with Gasteiger partial charge in [0.05, 0.1) is 16.3 Å². The molecule has 0 aliphatic rings. The van der Waals surface area contributed by atoms with Crippen LogP contribution in [0.2, 0.25) is 0 Å². The lowest BCUT2D eigenvalue weighted by Crippen LogP contribution is -2.16. The van der Waals surface area contributed by atoms with E-state index in [1.54, 1.807) is 17.5 Å². The van der Waals surface area contributed by atoms with Gasteiger partial charge < -0.3 is 5.32 Å². The van der Waals surface area contributed by atoms with Gasteiger partial charge in [0.15, 0.2) is 22.9 Å². The van der Waals surface area contributed by atoms with Crippen molar-refractivity contribution in [3.8, 4) is 10.6 Å². The molecule has 1 N–H and O–H groups in total. The second-order valence-electron chi connectivity index (χ2n) is 6.00. The van der Waals surface area contributed by atoms with Gasteiger partial charge in [0.2, 0.25) is 0 Å². The minimum absolute atomic E-state index is 0.0732. The van der Waals surface area contributed by atoms with E-state index in [9.17, 15) is 26.7 Å². The zero-order chi connectivity index (χ0) is 21.6. The first-order valence-electron chi connectivity index (χ1n) is 8.11. The summed E-state index contributed by atoms with van der Waals surface area (Å²) in [6.07, 6.45) is -4.76. The van der Waals surface area contributed by atoms with Crippen LogP contribution in [0.1, 0.15) is 16.2 Å². The van der Waals surface area contributed by atoms with E-state index in [4.69, 9.17) is 0 Å². The van der Waals surface area contributed by atoms with E-state index in [0.717, 1.165) is 18.2 Å². The van der Waals surface area contributed by atoms with Gasteiger partial charge in [-0.1, -0.05) is 6.07 Å². The number of benzene rings is 1. The maximum atomic E-state index is 14.0. The molecule has 0 aliphatic carbocycles. The summed E-state index contributed by atoms with van der Waals surface area (Å²) in [7, 11) is 0. The van der Waals surface area contributed by atoms with Gasteiger partial charge in [-0.25, -0.2) is 18.3 Å². The van der Waals surface area contributed by atoms with Gasteiger partial charge in [-0.2, -0.15) is 18.3 Å². The number of alkyl halides is 3. The van der Waals surface area contributed by atoms with Crippen LogP contribution in [0.25, 0.3) is 16.2 Å². The average Bonchev–Trinajstić information content (AvgIpc) is 3.32. The first kappa shape index (κ1) is 20.4. The highest BCUT2D eigenvalue weighted by Crippen LogP contribution is 2.34. The van der Waals surface area contributed by atoms with Crippen molar-refractivity contribution in [1.29, 1.82) is 0 Å². The van der Waals surface area contributed by atoms with Crippen LogP contribution >= 0.6 is 27.3 Å². The molecule has 1 amide bonds. The fraction of sp³-hybridized carbons (Fsp3) is 0.0556. The normalized spacial score (nSPS) is 11.8. The van der Waals surface area contributed by atoms with Crippen molar-refractivity contribution in [3.63, 3.8) is 0 Å². The minimum atomic E-state index is -4.76. The summed E-state index contributed by atoms with van der Waals surface area (Å²) in [6.45, 7) is 0. The van der Waals surface area contributed by atoms with Gasteiger partial charge in [-0.05, 0) is 39.5 Å². The first-order valence-corrected chi connectivity index (χ1v) is 9.78. The smallest absolute Gasteiger partial charge is 0.317 e. The summed E-state index contributed by atoms with van der Waals surface area (Å²) in [6, 6.07) is 6.66. The lowest BCUT2D eigenvalue weighted by molar-refractivity contribution is -0.142. The molecule has 0 saturated carbocycles. The number of anilines is 1. The number of thiophene rings is 1. The third-order valence-electron chi connectivity index (χ3n) is 3.97. The van der Waals surface area contributed by atoms with Crippen molar-refractivity contribution >= 4 is 44.5 Å². The fourth-order valence-corrected chi connectivity index (χ4v) is 3.87. The summed E-state index contributed by atoms with van der Waals surface area (Å²) in [5.41, 5.74) is -2.06. The summed E-state index contributed by atoms with van der Waals surface area (Å²) >= 11 is 4.13. The Bertz CT molecular complexity index is 1250. The number of amides is 1. The first-order chi connectivity index (χ1) is 14.1. The van der Waals surface area contributed by atoms with E-state index in [0.29, 0.717) is 15.5 Å². The Morgan fingerprint density at radius 2 is 1.93 bits per heavy atom. The van der Waals surface area contributed by atoms with Crippen LogP contribution in [0, 0.1) is 11.6 Å². The number of rotatable bonds is 3. The van der Waals surface area contributed by atoms with E-state index in [1.807, 2.05) is 0 Å². The van der Waals surface area contributed by atoms with Gasteiger partial charge >= 0.3 is 6.18 Å². The van der Waals surface area contributed by atoms with E-state index in [-0.39, 0.29) is 21.5 Å². The van der Waals surface area contributed by atoms with Crippen LogP contribution in [0.5, 0.6) is 0 Å². The predicted octanol–water partition coefficient (Wildman–Crippen LogP) is 5.77. The molecule has 0 bridgehead atoms. The monoisotopic (exact) mass is 502 g/mol. The maximum Gasteiger partial charge on any atom is 0.433 e. The fourth-order valence-electron chi connectivity index (χ4n) is 2.68. The van der Waals surface area contributed by atoms with Crippen LogP contribution in [0.15, 0.2) is 46.3 Å². The Morgan fingerprint density at radius 3 is 2.57 bits per heavy atom. The van der Waals surface area contributed by atoms with Crippen molar-refractivity contribution in [2.45, 2.75) is 6.18 Å². The number of nitrogens with zero attached hydrogens (tertiary/aromatic N) is 3. The SMILES string of the molecule is O=C(Nc1c(F)cc(F)cc1Br)c1cc2nc(-c3cccs3)cc(C(F)(F)F)n2n1. The molecular formula is C18H8BrF5N4OS. The molecule has 154 valence electrons. The molecule has 30 heavy (non-hydrogen) atoms. The predicted molar refractivity (Wildman–Crippen MR) is 103 cm³/mol. The highest BCUT2D eigenvalue weighted by molar-refractivity contribution is 9.10. The van der Waals surface area contributed by atoms with Crippen LogP contribution in [0.3, 0.4) is 0 Å². The largest absolute Gasteiger partial charge is 0.433 e. The van der Waals surface area contributed by atoms with E-state index < -0.39 is 35.1 Å². The zero-order valence-corrected chi connectivity index (χ0v) is 16.9. The number of halogens is 6. The molecule has 3 heterocycles. The van der Waals surface area contributed by atoms with Crippen molar-refractivity contribution in [1.82, 2.24) is 14.6 Å². The molecule has 1 aromatic carbocycles. The van der Waals surface area contributed by atoms with Crippen molar-refractivity contribution in [3.05, 3.63) is 69.3 Å². The minimum Gasteiger partial charge on any atom is -0.317 e. The summed E-state index contributed by atoms with van der Waals surface area (Å²) in [5, 5.41) is 7.55. The molecule has 0 unspecified atom stereocenters. The molecule has 0 radical (unpaired) electrons. The van der Waals surface area contributed by atoms with Gasteiger partial charge in [0.1, 0.15) is 5.82 Å². The summed E-state index contributed by atoms with van der Waals surface area (Å²) < 4.78 is 68.3. The highest BCUT2D eigenvalue weighted by atomic mass is 79.9. The van der Waals surface area contributed by atoms with E-state index in [2.05, 4.69) is 31.3 Å². The molecule has 0 spiro atoms. The number of hydrogen-bond acceptors (Lipinski definition) is 4. The molecule has 0 saturated heterocycles. The topological polar surface area (TPSA) is 59.3 Å². The van der Waals surface area contributed by atoms with Crippen LogP contribution in [-0.4, -0.2) is 20.5 Å². The number of hydrogen-bond donors (Lipinski definition) is 1. The number of fused-ring (bicyclic) bond motifs is 1. The molecule has 5 nitrogen and oxygen atoms in total. The molecule has 0 aliphatic heterocycles. The molecule has 4 aromatic rings. The second-order valence-corrected chi connectivity index (χ2v) is 7.80. The van der Waals surface area contributed by atoms with Crippen LogP contribution in [0.4, 0.5) is 27.6 Å². The van der Waals surface area contributed by atoms with E-state index in [1.165, 1.54) is 11.3 Å². The van der Waals surface area contributed by atoms with Gasteiger partial charge in [0, 0.05) is 16.6 Å². The number of nitrogens with one attached hydrogen (secondary N) is 1. The molecule has 4 rings (SSSR count). The Kier molecular flexibility index (Phi) is 5.06. The molecule has 3 aromatic heterocycles. The van der Waals surface area contributed by atoms with Crippen LogP contribution in [-0.2, 0) is 6.18 Å². The maximum absolute atomic E-state index is 14.0. The number of carbonyl (C=O) groups is 1. The van der Waals surface area contributed by atoms with Crippen LogP contribution < -0.4 is 5.32 Å². The zero-order valence-electron chi connectivity index (χ0n) is 14.5. The lowest BCUT2D eigenvalue weighted by Gasteiger charge is -2.10. The second kappa shape index (κ2) is 7.43. The van der Waals surface area contributed by atoms with Crippen molar-refractivity contribution in [2.24, 2.45) is 0 Å². The molecular weight excluding hydrogens is 495 g/mol. The Balaban J connectivity index is 1.78. The van der Waals surface area contributed by atoms with E-state index >= 15 is 0 Å². The number of aromatic nitrogens is 3. The van der Waals surface area contributed by atoms with Gasteiger partial charge in [-0.3, -0.25) is 4.79 Å². The van der Waals surface area contributed by atoms with Gasteiger partial charge in [-0.15, -0.1) is 11.3 Å². The van der Waals surface area contributed by atoms with Crippen molar-refractivity contribution < 1.29 is 26.7 Å². The highest BCUT2D eigenvalue weighted by Gasteiger charge is 2.35. The molecule has 0 fully saturated rings. The third kappa shape index (κ3) is 3.79. The summed E-state index contributed by atoms with van der Waals surface area (Å²) in [4.78, 5) is 17.1. The Hall–Kier alpha value is -2.86. The van der Waals surface area contributed by atoms with Gasteiger partial charge in [0.25, 0.3) is 5.91 Å².